The molecule has 1 saturated carbocycles. The highest BCUT2D eigenvalue weighted by Gasteiger charge is 2.29. The number of nitrogens with one attached hydrogen (secondary N) is 1. The third-order valence-electron chi connectivity index (χ3n) is 3.75. The fraction of sp³-hybridized carbons (Fsp3) is 0.643. The highest BCUT2D eigenvalue weighted by Crippen LogP contribution is 2.27. The molecule has 0 atom stereocenters. The molecule has 1 aromatic heterocycles. The number of hydrogen-bond donors (Lipinski definition) is 2. The van der Waals surface area contributed by atoms with E-state index in [1.54, 1.807) is 6.07 Å². The molecule has 2 rings (SSSR count). The number of carbonyl (C=O) groups excluding carboxylic acids is 1. The van der Waals surface area contributed by atoms with Gasteiger partial charge in [-0.05, 0) is 38.3 Å². The lowest BCUT2D eigenvalue weighted by Gasteiger charge is -2.31. The molecule has 0 bridgehead atoms. The summed E-state index contributed by atoms with van der Waals surface area (Å²) in [5, 5.41) is 13.0. The molecule has 4 heteroatoms. The van der Waals surface area contributed by atoms with Gasteiger partial charge in [0, 0.05) is 6.54 Å². The van der Waals surface area contributed by atoms with Crippen molar-refractivity contribution in [2.45, 2.75) is 51.6 Å². The van der Waals surface area contributed by atoms with Gasteiger partial charge in [-0.25, -0.2) is 0 Å². The number of rotatable bonds is 3. The highest BCUT2D eigenvalue weighted by molar-refractivity contribution is 5.91. The maximum Gasteiger partial charge on any atom is 0.287 e. The molecule has 4 nitrogen and oxygen atoms in total. The molecule has 100 valence electrons. The summed E-state index contributed by atoms with van der Waals surface area (Å²) in [6.45, 7) is 4.05. The highest BCUT2D eigenvalue weighted by atomic mass is 16.3. The van der Waals surface area contributed by atoms with Crippen molar-refractivity contribution >= 4 is 5.91 Å². The van der Waals surface area contributed by atoms with Crippen LogP contribution in [0.4, 0.5) is 0 Å². The molecule has 0 radical (unpaired) electrons. The lowest BCUT2D eigenvalue weighted by Crippen LogP contribution is -2.44. The Morgan fingerprint density at radius 1 is 1.39 bits per heavy atom. The van der Waals surface area contributed by atoms with Gasteiger partial charge in [0.15, 0.2) is 5.76 Å². The number of amides is 1. The number of hydrogen-bond acceptors (Lipinski definition) is 3. The Morgan fingerprint density at radius 2 is 2.06 bits per heavy atom. The Kier molecular flexibility index (Phi) is 3.76. The van der Waals surface area contributed by atoms with Crippen molar-refractivity contribution in [3.8, 4) is 0 Å². The normalized spacial score (nSPS) is 18.6. The third-order valence-corrected chi connectivity index (χ3v) is 3.75. The van der Waals surface area contributed by atoms with E-state index < -0.39 is 5.60 Å². The number of carbonyl (C=O) groups is 1. The van der Waals surface area contributed by atoms with Crippen molar-refractivity contribution < 1.29 is 14.3 Å². The van der Waals surface area contributed by atoms with Crippen molar-refractivity contribution in [2.24, 2.45) is 0 Å². The van der Waals surface area contributed by atoms with Crippen molar-refractivity contribution in [3.63, 3.8) is 0 Å². The van der Waals surface area contributed by atoms with Crippen LogP contribution in [0.3, 0.4) is 0 Å². The zero-order valence-electron chi connectivity index (χ0n) is 11.1. The second kappa shape index (κ2) is 5.14. The molecule has 1 aromatic rings. The van der Waals surface area contributed by atoms with Gasteiger partial charge in [-0.15, -0.1) is 0 Å². The van der Waals surface area contributed by atoms with Crippen molar-refractivity contribution in [1.82, 2.24) is 5.32 Å². The number of furan rings is 1. The van der Waals surface area contributed by atoms with Crippen LogP contribution in [0.2, 0.25) is 0 Å². The summed E-state index contributed by atoms with van der Waals surface area (Å²) < 4.78 is 5.36. The monoisotopic (exact) mass is 251 g/mol. The first-order valence-electron chi connectivity index (χ1n) is 6.58. The molecule has 0 saturated heterocycles. The molecule has 1 aliphatic carbocycles. The smallest absolute Gasteiger partial charge is 0.287 e. The summed E-state index contributed by atoms with van der Waals surface area (Å²) in [6, 6.07) is 1.73. The predicted molar refractivity (Wildman–Crippen MR) is 68.6 cm³/mol. The van der Waals surface area contributed by atoms with Gasteiger partial charge in [-0.2, -0.15) is 0 Å². The molecule has 2 N–H and O–H groups in total. The van der Waals surface area contributed by atoms with E-state index in [0.29, 0.717) is 12.3 Å². The summed E-state index contributed by atoms with van der Waals surface area (Å²) in [5.74, 6) is 0.839. The van der Waals surface area contributed by atoms with Gasteiger partial charge in [0.05, 0.1) is 5.60 Å². The van der Waals surface area contributed by atoms with Crippen LogP contribution < -0.4 is 5.32 Å². The summed E-state index contributed by atoms with van der Waals surface area (Å²) in [7, 11) is 0. The van der Waals surface area contributed by atoms with Crippen LogP contribution in [0.15, 0.2) is 10.5 Å². The quantitative estimate of drug-likeness (QED) is 0.866. The number of aliphatic hydroxyl groups is 1. The van der Waals surface area contributed by atoms with Gasteiger partial charge < -0.3 is 14.8 Å². The van der Waals surface area contributed by atoms with Gasteiger partial charge in [-0.3, -0.25) is 4.79 Å². The fourth-order valence-electron chi connectivity index (χ4n) is 2.40. The van der Waals surface area contributed by atoms with E-state index in [1.165, 1.54) is 6.42 Å². The van der Waals surface area contributed by atoms with E-state index in [4.69, 9.17) is 4.42 Å². The standard InChI is InChI=1S/C14H21NO3/c1-10-8-12(18-11(10)2)13(16)15-9-14(17)6-4-3-5-7-14/h8,17H,3-7,9H2,1-2H3,(H,15,16). The molecular weight excluding hydrogens is 230 g/mol. The molecule has 0 spiro atoms. The van der Waals surface area contributed by atoms with Crippen LogP contribution in [0.25, 0.3) is 0 Å². The van der Waals surface area contributed by atoms with Gasteiger partial charge in [-0.1, -0.05) is 19.3 Å². The third kappa shape index (κ3) is 2.93. The van der Waals surface area contributed by atoms with Crippen LogP contribution in [-0.2, 0) is 0 Å². The van der Waals surface area contributed by atoms with Crippen molar-refractivity contribution in [1.29, 1.82) is 0 Å². The molecule has 0 aromatic carbocycles. The molecule has 1 aliphatic rings. The second-order valence-corrected chi connectivity index (χ2v) is 5.32. The molecule has 0 unspecified atom stereocenters. The van der Waals surface area contributed by atoms with E-state index in [2.05, 4.69) is 5.32 Å². The van der Waals surface area contributed by atoms with Crippen LogP contribution in [0, 0.1) is 13.8 Å². The number of aryl methyl sites for hydroxylation is 2. The molecule has 18 heavy (non-hydrogen) atoms. The second-order valence-electron chi connectivity index (χ2n) is 5.32. The van der Waals surface area contributed by atoms with Gasteiger partial charge in [0.25, 0.3) is 5.91 Å². The first-order valence-corrected chi connectivity index (χ1v) is 6.58. The average Bonchev–Trinajstić information content (AvgIpc) is 2.68. The minimum Gasteiger partial charge on any atom is -0.456 e. The van der Waals surface area contributed by atoms with Crippen LogP contribution in [-0.4, -0.2) is 23.2 Å². The van der Waals surface area contributed by atoms with Crippen LogP contribution in [0.5, 0.6) is 0 Å². The predicted octanol–water partition coefficient (Wildman–Crippen LogP) is 2.32. The maximum atomic E-state index is 11.9. The van der Waals surface area contributed by atoms with E-state index in [0.717, 1.165) is 37.0 Å². The Balaban J connectivity index is 1.91. The van der Waals surface area contributed by atoms with Crippen molar-refractivity contribution in [3.05, 3.63) is 23.2 Å². The average molecular weight is 251 g/mol. The minimum absolute atomic E-state index is 0.245. The zero-order valence-corrected chi connectivity index (χ0v) is 11.1. The van der Waals surface area contributed by atoms with E-state index in [9.17, 15) is 9.90 Å². The van der Waals surface area contributed by atoms with Crippen LogP contribution >= 0.6 is 0 Å². The lowest BCUT2D eigenvalue weighted by molar-refractivity contribution is 0.00502. The lowest BCUT2D eigenvalue weighted by atomic mass is 9.85. The Hall–Kier alpha value is -1.29. The van der Waals surface area contributed by atoms with Gasteiger partial charge >= 0.3 is 0 Å². The molecule has 1 fully saturated rings. The molecule has 0 aliphatic heterocycles. The van der Waals surface area contributed by atoms with E-state index >= 15 is 0 Å². The largest absolute Gasteiger partial charge is 0.456 e. The fourth-order valence-corrected chi connectivity index (χ4v) is 2.40. The molecule has 1 heterocycles. The first-order chi connectivity index (χ1) is 8.50. The summed E-state index contributed by atoms with van der Waals surface area (Å²) in [5.41, 5.74) is 0.237. The molecule has 1 amide bonds. The first kappa shape index (κ1) is 13.1. The Labute approximate surface area is 107 Å². The summed E-state index contributed by atoms with van der Waals surface area (Å²) in [4.78, 5) is 11.9. The maximum absolute atomic E-state index is 11.9. The zero-order chi connectivity index (χ0) is 13.2. The van der Waals surface area contributed by atoms with Gasteiger partial charge in [0.1, 0.15) is 5.76 Å². The molecular formula is C14H21NO3. The summed E-state index contributed by atoms with van der Waals surface area (Å²) >= 11 is 0. The SMILES string of the molecule is Cc1cc(C(=O)NCC2(O)CCCCC2)oc1C. The van der Waals surface area contributed by atoms with E-state index in [1.807, 2.05) is 13.8 Å². The Bertz CT molecular complexity index is 411. The van der Waals surface area contributed by atoms with Gasteiger partial charge in [0.2, 0.25) is 0 Å². The summed E-state index contributed by atoms with van der Waals surface area (Å²) in [6.07, 6.45) is 4.77. The Morgan fingerprint density at radius 3 is 2.61 bits per heavy atom. The topological polar surface area (TPSA) is 62.5 Å². The minimum atomic E-state index is -0.732. The van der Waals surface area contributed by atoms with Crippen LogP contribution in [0.1, 0.15) is 54.0 Å². The van der Waals surface area contributed by atoms with E-state index in [-0.39, 0.29) is 5.91 Å². The van der Waals surface area contributed by atoms with Crippen molar-refractivity contribution in [2.75, 3.05) is 6.54 Å².